The molecule has 7 heteroatoms. The van der Waals surface area contributed by atoms with Gasteiger partial charge in [0.2, 0.25) is 5.88 Å². The quantitative estimate of drug-likeness (QED) is 0.624. The van der Waals surface area contributed by atoms with E-state index in [0.29, 0.717) is 11.8 Å². The fraction of sp³-hybridized carbons (Fsp3) is 0.478. The van der Waals surface area contributed by atoms with Crippen LogP contribution in [0.4, 0.5) is 5.69 Å². The van der Waals surface area contributed by atoms with Crippen molar-refractivity contribution in [2.24, 2.45) is 0 Å². The molecule has 0 radical (unpaired) electrons. The second kappa shape index (κ2) is 8.14. The summed E-state index contributed by atoms with van der Waals surface area (Å²) in [6.07, 6.45) is 8.15. The number of anilines is 1. The molecule has 2 aliphatic rings. The molecule has 156 valence electrons. The monoisotopic (exact) mass is 404 g/mol. The Balaban J connectivity index is 1.24. The smallest absolute Gasteiger partial charge is 0.224 e. The molecule has 3 aromatic rings. The number of piperazine rings is 1. The molecule has 1 aliphatic carbocycles. The number of hydrogen-bond donors (Lipinski definition) is 0. The lowest BCUT2D eigenvalue weighted by atomic mass is 10.1. The molecule has 0 atom stereocenters. The van der Waals surface area contributed by atoms with Crippen LogP contribution < -0.4 is 9.64 Å². The first-order valence-electron chi connectivity index (χ1n) is 10.9. The number of hydrogen-bond acceptors (Lipinski definition) is 7. The third-order valence-electron chi connectivity index (χ3n) is 5.74. The van der Waals surface area contributed by atoms with Crippen molar-refractivity contribution in [3.05, 3.63) is 48.3 Å². The second-order valence-corrected chi connectivity index (χ2v) is 8.53. The highest BCUT2D eigenvalue weighted by atomic mass is 16.5. The van der Waals surface area contributed by atoms with Crippen LogP contribution in [0.3, 0.4) is 0 Å². The molecule has 0 N–H and O–H groups in total. The maximum Gasteiger partial charge on any atom is 0.224 e. The van der Waals surface area contributed by atoms with E-state index in [1.165, 1.54) is 24.1 Å². The first-order valence-corrected chi connectivity index (χ1v) is 10.9. The molecule has 0 bridgehead atoms. The largest absolute Gasteiger partial charge is 0.474 e. The predicted octanol–water partition coefficient (Wildman–Crippen LogP) is 3.41. The Morgan fingerprint density at radius 2 is 1.77 bits per heavy atom. The fourth-order valence-electron chi connectivity index (χ4n) is 3.96. The molecule has 2 aromatic heterocycles. The van der Waals surface area contributed by atoms with E-state index in [-0.39, 0.29) is 6.10 Å². The Labute approximate surface area is 177 Å². The van der Waals surface area contributed by atoms with Gasteiger partial charge in [-0.2, -0.15) is 0 Å². The Kier molecular flexibility index (Phi) is 5.21. The van der Waals surface area contributed by atoms with Gasteiger partial charge in [0.25, 0.3) is 0 Å². The van der Waals surface area contributed by atoms with E-state index < -0.39 is 0 Å². The van der Waals surface area contributed by atoms with E-state index in [4.69, 9.17) is 4.74 Å². The van der Waals surface area contributed by atoms with Gasteiger partial charge in [0.05, 0.1) is 17.0 Å². The van der Waals surface area contributed by atoms with Crippen LogP contribution in [0.15, 0.2) is 36.9 Å². The van der Waals surface area contributed by atoms with Crippen molar-refractivity contribution >= 4 is 16.6 Å². The molecule has 2 fully saturated rings. The van der Waals surface area contributed by atoms with E-state index in [1.54, 1.807) is 6.33 Å². The normalized spacial score (nSPS) is 17.6. The van der Waals surface area contributed by atoms with Crippen LogP contribution in [0.5, 0.6) is 5.88 Å². The topological polar surface area (TPSA) is 67.3 Å². The lowest BCUT2D eigenvalue weighted by molar-refractivity contribution is 0.235. The molecule has 0 amide bonds. The summed E-state index contributed by atoms with van der Waals surface area (Å²) in [6.45, 7) is 8.95. The van der Waals surface area contributed by atoms with Crippen LogP contribution >= 0.6 is 0 Å². The van der Waals surface area contributed by atoms with Crippen LogP contribution in [-0.2, 0) is 6.54 Å². The number of aromatic nitrogens is 4. The molecule has 1 saturated heterocycles. The summed E-state index contributed by atoms with van der Waals surface area (Å²) in [5, 5.41) is 0.971. The number of nitrogens with zero attached hydrogens (tertiary/aromatic N) is 6. The van der Waals surface area contributed by atoms with Crippen LogP contribution in [0.25, 0.3) is 10.9 Å². The molecule has 0 spiro atoms. The second-order valence-electron chi connectivity index (χ2n) is 8.53. The molecule has 0 unspecified atom stereocenters. The summed E-state index contributed by atoms with van der Waals surface area (Å²) >= 11 is 0. The van der Waals surface area contributed by atoms with Gasteiger partial charge in [-0.15, -0.1) is 0 Å². The first-order chi connectivity index (χ1) is 14.7. The van der Waals surface area contributed by atoms with Gasteiger partial charge in [-0.25, -0.2) is 19.9 Å². The molecule has 1 saturated carbocycles. The Morgan fingerprint density at radius 3 is 2.47 bits per heavy atom. The molecule has 5 rings (SSSR count). The molecule has 3 heterocycles. The highest BCUT2D eigenvalue weighted by molar-refractivity contribution is 5.86. The summed E-state index contributed by atoms with van der Waals surface area (Å²) in [5.41, 5.74) is 3.31. The lowest BCUT2D eigenvalue weighted by Crippen LogP contribution is -2.46. The van der Waals surface area contributed by atoms with Crippen molar-refractivity contribution in [3.8, 4) is 5.88 Å². The van der Waals surface area contributed by atoms with Crippen LogP contribution in [0.1, 0.15) is 44.0 Å². The summed E-state index contributed by atoms with van der Waals surface area (Å²) in [4.78, 5) is 22.7. The third-order valence-corrected chi connectivity index (χ3v) is 5.74. The molecule has 7 nitrogen and oxygen atoms in total. The fourth-order valence-corrected chi connectivity index (χ4v) is 3.96. The average Bonchev–Trinajstić information content (AvgIpc) is 3.60. The van der Waals surface area contributed by atoms with Crippen LogP contribution in [0, 0.1) is 0 Å². The van der Waals surface area contributed by atoms with E-state index in [9.17, 15) is 0 Å². The summed E-state index contributed by atoms with van der Waals surface area (Å²) in [6, 6.07) is 6.37. The number of ether oxygens (including phenoxy) is 1. The van der Waals surface area contributed by atoms with Gasteiger partial charge in [0, 0.05) is 62.3 Å². The summed E-state index contributed by atoms with van der Waals surface area (Å²) in [5.74, 6) is 2.29. The zero-order valence-electron chi connectivity index (χ0n) is 17.7. The van der Waals surface area contributed by atoms with Gasteiger partial charge in [0.15, 0.2) is 0 Å². The number of rotatable bonds is 6. The molecular weight excluding hydrogens is 376 g/mol. The van der Waals surface area contributed by atoms with Gasteiger partial charge in [-0.1, -0.05) is 0 Å². The maximum atomic E-state index is 5.89. The van der Waals surface area contributed by atoms with Crippen molar-refractivity contribution in [2.75, 3.05) is 31.1 Å². The summed E-state index contributed by atoms with van der Waals surface area (Å²) in [7, 11) is 0. The highest BCUT2D eigenvalue weighted by Gasteiger charge is 2.26. The van der Waals surface area contributed by atoms with Crippen molar-refractivity contribution < 1.29 is 4.74 Å². The molecule has 1 aromatic carbocycles. The first kappa shape index (κ1) is 19.2. The minimum Gasteiger partial charge on any atom is -0.474 e. The molecule has 1 aliphatic heterocycles. The highest BCUT2D eigenvalue weighted by Crippen LogP contribution is 2.37. The van der Waals surface area contributed by atoms with Crippen molar-refractivity contribution in [1.82, 2.24) is 24.8 Å². The average molecular weight is 405 g/mol. The van der Waals surface area contributed by atoms with Gasteiger partial charge in [0.1, 0.15) is 12.2 Å². The predicted molar refractivity (Wildman–Crippen MR) is 117 cm³/mol. The standard InChI is InChI=1S/C23H28N6O/c1-16(2)30-23-20-11-19(5-6-21(20)26-15-27-23)29-9-7-28(8-10-29)14-17-12-24-22(25-13-17)18-3-4-18/h5-6,11-13,15-16,18H,3-4,7-10,14H2,1-2H3. The van der Waals surface area contributed by atoms with E-state index in [1.807, 2.05) is 26.2 Å². The lowest BCUT2D eigenvalue weighted by Gasteiger charge is -2.36. The van der Waals surface area contributed by atoms with Gasteiger partial charge in [-0.3, -0.25) is 4.90 Å². The van der Waals surface area contributed by atoms with Crippen molar-refractivity contribution in [1.29, 1.82) is 0 Å². The van der Waals surface area contributed by atoms with Crippen LogP contribution in [0.2, 0.25) is 0 Å². The van der Waals surface area contributed by atoms with Crippen LogP contribution in [-0.4, -0.2) is 57.1 Å². The minimum absolute atomic E-state index is 0.0811. The Hall–Kier alpha value is -2.80. The Morgan fingerprint density at radius 1 is 1.00 bits per heavy atom. The summed E-state index contributed by atoms with van der Waals surface area (Å²) < 4.78 is 5.89. The number of fused-ring (bicyclic) bond motifs is 1. The SMILES string of the molecule is CC(C)Oc1ncnc2ccc(N3CCN(Cc4cnc(C5CC5)nc4)CC3)cc12. The maximum absolute atomic E-state index is 5.89. The minimum atomic E-state index is 0.0811. The van der Waals surface area contributed by atoms with Crippen molar-refractivity contribution in [2.45, 2.75) is 45.3 Å². The van der Waals surface area contributed by atoms with Gasteiger partial charge in [-0.05, 0) is 44.9 Å². The Bertz CT molecular complexity index is 1010. The van der Waals surface area contributed by atoms with Crippen molar-refractivity contribution in [3.63, 3.8) is 0 Å². The third kappa shape index (κ3) is 4.21. The van der Waals surface area contributed by atoms with E-state index in [2.05, 4.69) is 47.9 Å². The molecule has 30 heavy (non-hydrogen) atoms. The van der Waals surface area contributed by atoms with Gasteiger partial charge >= 0.3 is 0 Å². The number of benzene rings is 1. The zero-order chi connectivity index (χ0) is 20.5. The van der Waals surface area contributed by atoms with E-state index in [0.717, 1.165) is 49.5 Å². The van der Waals surface area contributed by atoms with Gasteiger partial charge < -0.3 is 9.64 Å². The molecular formula is C23H28N6O. The zero-order valence-corrected chi connectivity index (χ0v) is 17.7. The van der Waals surface area contributed by atoms with E-state index >= 15 is 0 Å².